The van der Waals surface area contributed by atoms with Crippen molar-refractivity contribution < 1.29 is 4.79 Å². The van der Waals surface area contributed by atoms with Crippen molar-refractivity contribution in [3.63, 3.8) is 0 Å². The van der Waals surface area contributed by atoms with E-state index in [-0.39, 0.29) is 12.1 Å². The highest BCUT2D eigenvalue weighted by Gasteiger charge is 2.19. The fraction of sp³-hybridized carbons (Fsp3) is 0.400. The molecular weight excluding hydrogens is 298 g/mol. The van der Waals surface area contributed by atoms with E-state index in [2.05, 4.69) is 31.9 Å². The molecule has 2 heterocycles. The fourth-order valence-corrected chi connectivity index (χ4v) is 3.04. The molecule has 1 fully saturated rings. The molecule has 2 aromatic rings. The number of hydrogen-bond acceptors (Lipinski definition) is 5. The molecule has 2 amide bonds. The summed E-state index contributed by atoms with van der Waals surface area (Å²) in [6.45, 7) is 2.03. The zero-order valence-corrected chi connectivity index (χ0v) is 13.3. The average Bonchev–Trinajstić information content (AvgIpc) is 2.99. The second-order valence-electron chi connectivity index (χ2n) is 5.47. The molecule has 1 aliphatic heterocycles. The molecule has 0 bridgehead atoms. The number of piperidine rings is 1. The molecule has 0 radical (unpaired) electrons. The second kappa shape index (κ2) is 6.85. The highest BCUT2D eigenvalue weighted by atomic mass is 32.1. The minimum absolute atomic E-state index is 0.203. The molecule has 1 aromatic carbocycles. The molecule has 22 heavy (non-hydrogen) atoms. The van der Waals surface area contributed by atoms with Gasteiger partial charge in [-0.05, 0) is 33.0 Å². The minimum atomic E-state index is -0.203. The second-order valence-corrected chi connectivity index (χ2v) is 6.22. The number of hydrogen-bond donors (Lipinski definition) is 2. The number of carbonyl (C=O) groups is 1. The predicted octanol–water partition coefficient (Wildman–Crippen LogP) is 2.42. The summed E-state index contributed by atoms with van der Waals surface area (Å²) in [5.74, 6) is 0.639. The van der Waals surface area contributed by atoms with E-state index in [1.165, 1.54) is 11.5 Å². The number of carbonyl (C=O) groups excluding carboxylic acids is 1. The average molecular weight is 317 g/mol. The molecule has 3 rings (SSSR count). The Kier molecular flexibility index (Phi) is 4.65. The van der Waals surface area contributed by atoms with Crippen LogP contribution in [0.2, 0.25) is 0 Å². The number of aromatic nitrogens is 2. The molecule has 0 spiro atoms. The lowest BCUT2D eigenvalue weighted by Gasteiger charge is -2.29. The van der Waals surface area contributed by atoms with Gasteiger partial charge < -0.3 is 10.2 Å². The number of amides is 2. The largest absolute Gasteiger partial charge is 0.335 e. The molecule has 116 valence electrons. The van der Waals surface area contributed by atoms with Crippen molar-refractivity contribution >= 4 is 22.7 Å². The third-order valence-corrected chi connectivity index (χ3v) is 4.36. The van der Waals surface area contributed by atoms with Gasteiger partial charge in [-0.15, -0.1) is 0 Å². The summed E-state index contributed by atoms with van der Waals surface area (Å²) in [5, 5.41) is 6.29. The normalized spacial score (nSPS) is 16.4. The van der Waals surface area contributed by atoms with Crippen molar-refractivity contribution in [3.05, 3.63) is 30.3 Å². The van der Waals surface area contributed by atoms with Crippen molar-refractivity contribution in [2.24, 2.45) is 0 Å². The SMILES string of the molecule is CN1CCC(NC(=O)Nc2nc(-c3ccccc3)ns2)CC1. The molecule has 7 heteroatoms. The lowest BCUT2D eigenvalue weighted by atomic mass is 10.1. The molecule has 6 nitrogen and oxygen atoms in total. The Morgan fingerprint density at radius 2 is 2.00 bits per heavy atom. The van der Waals surface area contributed by atoms with Gasteiger partial charge in [0.05, 0.1) is 0 Å². The van der Waals surface area contributed by atoms with E-state index in [9.17, 15) is 4.79 Å². The lowest BCUT2D eigenvalue weighted by Crippen LogP contribution is -2.44. The molecule has 1 aromatic heterocycles. The van der Waals surface area contributed by atoms with Gasteiger partial charge in [0.25, 0.3) is 0 Å². The zero-order valence-electron chi connectivity index (χ0n) is 12.5. The van der Waals surface area contributed by atoms with E-state index in [0.717, 1.165) is 31.5 Å². The summed E-state index contributed by atoms with van der Waals surface area (Å²) in [5.41, 5.74) is 0.947. The van der Waals surface area contributed by atoms with Crippen LogP contribution in [0.5, 0.6) is 0 Å². The molecular formula is C15H19N5OS. The van der Waals surface area contributed by atoms with Gasteiger partial charge in [0.15, 0.2) is 5.82 Å². The standard InChI is InChI=1S/C15H19N5OS/c1-20-9-7-12(8-10-20)16-14(21)18-15-17-13(19-22-15)11-5-3-2-4-6-11/h2-6,12H,7-10H2,1H3,(H2,16,17,18,19,21). The maximum atomic E-state index is 12.0. The van der Waals surface area contributed by atoms with Crippen LogP contribution in [0.15, 0.2) is 30.3 Å². The number of urea groups is 1. The zero-order chi connectivity index (χ0) is 15.4. The third-order valence-electron chi connectivity index (χ3n) is 3.73. The topological polar surface area (TPSA) is 70.2 Å². The van der Waals surface area contributed by atoms with E-state index >= 15 is 0 Å². The summed E-state index contributed by atoms with van der Waals surface area (Å²) in [6.07, 6.45) is 1.96. The summed E-state index contributed by atoms with van der Waals surface area (Å²) in [7, 11) is 2.10. The van der Waals surface area contributed by atoms with E-state index in [1.54, 1.807) is 0 Å². The number of benzene rings is 1. The van der Waals surface area contributed by atoms with Crippen LogP contribution in [0.1, 0.15) is 12.8 Å². The molecule has 2 N–H and O–H groups in total. The number of anilines is 1. The van der Waals surface area contributed by atoms with Crippen LogP contribution in [0.3, 0.4) is 0 Å². The quantitative estimate of drug-likeness (QED) is 0.912. The van der Waals surface area contributed by atoms with Crippen molar-refractivity contribution in [3.8, 4) is 11.4 Å². The highest BCUT2D eigenvalue weighted by Crippen LogP contribution is 2.20. The maximum absolute atomic E-state index is 12.0. The van der Waals surface area contributed by atoms with Gasteiger partial charge in [0.1, 0.15) is 0 Å². The minimum Gasteiger partial charge on any atom is -0.335 e. The van der Waals surface area contributed by atoms with Crippen LogP contribution >= 0.6 is 11.5 Å². The van der Waals surface area contributed by atoms with Gasteiger partial charge in [-0.2, -0.15) is 9.36 Å². The Balaban J connectivity index is 1.55. The van der Waals surface area contributed by atoms with Crippen LogP contribution in [-0.2, 0) is 0 Å². The van der Waals surface area contributed by atoms with E-state index in [0.29, 0.717) is 11.0 Å². The van der Waals surface area contributed by atoms with Crippen LogP contribution in [0.25, 0.3) is 11.4 Å². The Labute approximate surface area is 133 Å². The Hall–Kier alpha value is -1.99. The van der Waals surface area contributed by atoms with E-state index in [4.69, 9.17) is 0 Å². The molecule has 1 saturated heterocycles. The first kappa shape index (κ1) is 14.9. The number of rotatable bonds is 3. The van der Waals surface area contributed by atoms with Gasteiger partial charge in [0, 0.05) is 23.1 Å². The van der Waals surface area contributed by atoms with Gasteiger partial charge >= 0.3 is 6.03 Å². The Bertz CT molecular complexity index is 622. The Morgan fingerprint density at radius 1 is 1.27 bits per heavy atom. The van der Waals surface area contributed by atoms with Crippen molar-refractivity contribution in [2.75, 3.05) is 25.5 Å². The number of nitrogens with one attached hydrogen (secondary N) is 2. The molecule has 0 atom stereocenters. The third kappa shape index (κ3) is 3.80. The van der Waals surface area contributed by atoms with Crippen LogP contribution in [0, 0.1) is 0 Å². The smallest absolute Gasteiger partial charge is 0.321 e. The van der Waals surface area contributed by atoms with E-state index < -0.39 is 0 Å². The van der Waals surface area contributed by atoms with Gasteiger partial charge in [0.2, 0.25) is 5.13 Å². The predicted molar refractivity (Wildman–Crippen MR) is 88.0 cm³/mol. The van der Waals surface area contributed by atoms with Gasteiger partial charge in [-0.3, -0.25) is 5.32 Å². The summed E-state index contributed by atoms with van der Waals surface area (Å²) in [6, 6.07) is 9.76. The molecule has 0 saturated carbocycles. The first-order chi connectivity index (χ1) is 10.7. The van der Waals surface area contributed by atoms with Crippen molar-refractivity contribution in [2.45, 2.75) is 18.9 Å². The monoisotopic (exact) mass is 317 g/mol. The fourth-order valence-electron chi connectivity index (χ4n) is 2.45. The maximum Gasteiger partial charge on any atom is 0.321 e. The summed E-state index contributed by atoms with van der Waals surface area (Å²) < 4.78 is 4.28. The van der Waals surface area contributed by atoms with Crippen molar-refractivity contribution in [1.82, 2.24) is 19.6 Å². The van der Waals surface area contributed by atoms with Gasteiger partial charge in [-0.1, -0.05) is 30.3 Å². The number of nitrogens with zero attached hydrogens (tertiary/aromatic N) is 3. The first-order valence-electron chi connectivity index (χ1n) is 7.36. The summed E-state index contributed by atoms with van der Waals surface area (Å²) in [4.78, 5) is 18.6. The van der Waals surface area contributed by atoms with Crippen molar-refractivity contribution in [1.29, 1.82) is 0 Å². The summed E-state index contributed by atoms with van der Waals surface area (Å²) >= 11 is 1.19. The Morgan fingerprint density at radius 3 is 2.73 bits per heavy atom. The number of likely N-dealkylation sites (tertiary alicyclic amines) is 1. The molecule has 0 aliphatic carbocycles. The first-order valence-corrected chi connectivity index (χ1v) is 8.13. The van der Waals surface area contributed by atoms with Crippen LogP contribution in [0.4, 0.5) is 9.93 Å². The van der Waals surface area contributed by atoms with Crippen LogP contribution < -0.4 is 10.6 Å². The lowest BCUT2D eigenvalue weighted by molar-refractivity contribution is 0.221. The van der Waals surface area contributed by atoms with Gasteiger partial charge in [-0.25, -0.2) is 4.79 Å². The molecule has 0 unspecified atom stereocenters. The molecule has 1 aliphatic rings. The van der Waals surface area contributed by atoms with Crippen LogP contribution in [-0.4, -0.2) is 46.5 Å². The highest BCUT2D eigenvalue weighted by molar-refractivity contribution is 7.10. The van der Waals surface area contributed by atoms with E-state index in [1.807, 2.05) is 30.3 Å².